The molecule has 5 nitrogen and oxygen atoms in total. The number of rotatable bonds is 8. The average molecular weight is 382 g/mol. The van der Waals surface area contributed by atoms with E-state index in [1.165, 1.54) is 15.6 Å². The smallest absolute Gasteiger partial charge is 0.252 e. The van der Waals surface area contributed by atoms with Gasteiger partial charge in [-0.05, 0) is 44.0 Å². The van der Waals surface area contributed by atoms with Gasteiger partial charge in [0.05, 0.1) is 6.10 Å². The molecule has 1 aliphatic rings. The number of aryl methyl sites for hydroxylation is 1. The molecule has 1 unspecified atom stereocenters. The van der Waals surface area contributed by atoms with E-state index in [2.05, 4.69) is 0 Å². The van der Waals surface area contributed by atoms with Gasteiger partial charge in [-0.2, -0.15) is 4.31 Å². The fourth-order valence-corrected chi connectivity index (χ4v) is 5.68. The van der Waals surface area contributed by atoms with Gasteiger partial charge in [-0.15, -0.1) is 11.3 Å². The normalized spacial score (nSPS) is 17.9. The summed E-state index contributed by atoms with van der Waals surface area (Å²) < 4.78 is 39.2. The van der Waals surface area contributed by atoms with Crippen LogP contribution in [0, 0.1) is 6.92 Å². The van der Waals surface area contributed by atoms with Crippen LogP contribution >= 0.6 is 11.3 Å². The van der Waals surface area contributed by atoms with Gasteiger partial charge in [0, 0.05) is 24.6 Å². The number of para-hydroxylation sites is 1. The van der Waals surface area contributed by atoms with Crippen LogP contribution in [0.1, 0.15) is 17.7 Å². The van der Waals surface area contributed by atoms with E-state index in [0.29, 0.717) is 30.5 Å². The van der Waals surface area contributed by atoms with Crippen molar-refractivity contribution >= 4 is 21.4 Å². The molecule has 1 atom stereocenters. The first-order valence-electron chi connectivity index (χ1n) is 8.42. The topological polar surface area (TPSA) is 55.8 Å². The summed E-state index contributed by atoms with van der Waals surface area (Å²) in [5.74, 6) is 0.740. The molecule has 0 N–H and O–H groups in total. The molecule has 3 rings (SSSR count). The van der Waals surface area contributed by atoms with Gasteiger partial charge < -0.3 is 9.47 Å². The van der Waals surface area contributed by atoms with Crippen molar-refractivity contribution in [2.24, 2.45) is 0 Å². The second-order valence-corrected chi connectivity index (χ2v) is 9.48. The second-order valence-electron chi connectivity index (χ2n) is 6.02. The van der Waals surface area contributed by atoms with Crippen LogP contribution < -0.4 is 4.74 Å². The number of nitrogens with zero attached hydrogens (tertiary/aromatic N) is 1. The van der Waals surface area contributed by atoms with Crippen LogP contribution in [-0.4, -0.2) is 45.1 Å². The third-order valence-corrected chi connectivity index (χ3v) is 7.43. The van der Waals surface area contributed by atoms with E-state index in [1.54, 1.807) is 6.07 Å². The molecule has 0 bridgehead atoms. The number of ether oxygens (including phenoxy) is 2. The van der Waals surface area contributed by atoms with Crippen molar-refractivity contribution in [3.05, 3.63) is 47.3 Å². The van der Waals surface area contributed by atoms with E-state index in [4.69, 9.17) is 9.47 Å². The summed E-state index contributed by atoms with van der Waals surface area (Å²) in [7, 11) is -3.53. The van der Waals surface area contributed by atoms with E-state index in [-0.39, 0.29) is 6.10 Å². The Morgan fingerprint density at radius 2 is 2.04 bits per heavy atom. The van der Waals surface area contributed by atoms with Crippen molar-refractivity contribution in [3.8, 4) is 5.75 Å². The Bertz CT molecular complexity index is 767. The predicted molar refractivity (Wildman–Crippen MR) is 98.7 cm³/mol. The van der Waals surface area contributed by atoms with Gasteiger partial charge in [-0.3, -0.25) is 0 Å². The Morgan fingerprint density at radius 1 is 1.24 bits per heavy atom. The average Bonchev–Trinajstić information content (AvgIpc) is 3.27. The van der Waals surface area contributed by atoms with Gasteiger partial charge in [0.15, 0.2) is 0 Å². The van der Waals surface area contributed by atoms with Gasteiger partial charge in [0.2, 0.25) is 0 Å². The van der Waals surface area contributed by atoms with Crippen molar-refractivity contribution in [1.29, 1.82) is 0 Å². The molecule has 1 aromatic heterocycles. The number of benzene rings is 1. The van der Waals surface area contributed by atoms with Crippen molar-refractivity contribution in [3.63, 3.8) is 0 Å². The molecule has 7 heteroatoms. The summed E-state index contributed by atoms with van der Waals surface area (Å²) in [6.07, 6.45) is 1.85. The molecule has 1 aliphatic heterocycles. The Hall–Kier alpha value is -1.41. The van der Waals surface area contributed by atoms with Crippen molar-refractivity contribution < 1.29 is 17.9 Å². The highest BCUT2D eigenvalue weighted by molar-refractivity contribution is 7.91. The molecule has 1 fully saturated rings. The summed E-state index contributed by atoms with van der Waals surface area (Å²) >= 11 is 1.30. The molecule has 25 heavy (non-hydrogen) atoms. The quantitative estimate of drug-likeness (QED) is 0.704. The highest BCUT2D eigenvalue weighted by atomic mass is 32.2. The number of sulfonamides is 1. The molecule has 0 spiro atoms. The first kappa shape index (κ1) is 18.4. The third kappa shape index (κ3) is 4.82. The van der Waals surface area contributed by atoms with E-state index in [0.717, 1.165) is 23.5 Å². The van der Waals surface area contributed by atoms with Gasteiger partial charge in [-0.25, -0.2) is 8.42 Å². The monoisotopic (exact) mass is 381 g/mol. The van der Waals surface area contributed by atoms with Crippen LogP contribution in [-0.2, 0) is 14.8 Å². The lowest BCUT2D eigenvalue weighted by Crippen LogP contribution is -2.39. The Labute approximate surface area is 153 Å². The lowest BCUT2D eigenvalue weighted by atomic mass is 10.2. The first-order valence-corrected chi connectivity index (χ1v) is 10.7. The summed E-state index contributed by atoms with van der Waals surface area (Å²) in [6, 6.07) is 12.9. The van der Waals surface area contributed by atoms with Crippen LogP contribution in [0.15, 0.2) is 46.7 Å². The standard InChI is InChI=1S/C18H23NO4S2/c1-15-9-10-18(24-15)25(20,21)19(14-17-8-5-12-22-17)11-13-23-16-6-3-2-4-7-16/h2-4,6-7,9-10,17H,5,8,11-14H2,1H3. The number of thiophene rings is 1. The van der Waals surface area contributed by atoms with Crippen molar-refractivity contribution in [2.75, 3.05) is 26.3 Å². The lowest BCUT2D eigenvalue weighted by Gasteiger charge is -2.24. The highest BCUT2D eigenvalue weighted by Crippen LogP contribution is 2.26. The molecule has 1 aromatic carbocycles. The number of hydrogen-bond donors (Lipinski definition) is 0. The summed E-state index contributed by atoms with van der Waals surface area (Å²) in [4.78, 5) is 0.983. The first-order chi connectivity index (χ1) is 12.1. The molecular formula is C18H23NO4S2. The zero-order valence-electron chi connectivity index (χ0n) is 14.3. The van der Waals surface area contributed by atoms with Crippen LogP contribution in [0.3, 0.4) is 0 Å². The van der Waals surface area contributed by atoms with Crippen LogP contribution in [0.5, 0.6) is 5.75 Å². The fourth-order valence-electron chi connectivity index (χ4n) is 2.79. The molecule has 136 valence electrons. The summed E-state index contributed by atoms with van der Waals surface area (Å²) in [5.41, 5.74) is 0. The molecule has 0 aliphatic carbocycles. The summed E-state index contributed by atoms with van der Waals surface area (Å²) in [5, 5.41) is 0. The highest BCUT2D eigenvalue weighted by Gasteiger charge is 2.30. The van der Waals surface area contributed by atoms with Crippen LogP contribution in [0.4, 0.5) is 0 Å². The lowest BCUT2D eigenvalue weighted by molar-refractivity contribution is 0.0910. The maximum absolute atomic E-state index is 13.0. The van der Waals surface area contributed by atoms with E-state index in [9.17, 15) is 8.42 Å². The van der Waals surface area contributed by atoms with Gasteiger partial charge in [0.25, 0.3) is 10.0 Å². The molecule has 2 heterocycles. The van der Waals surface area contributed by atoms with Gasteiger partial charge in [0.1, 0.15) is 16.6 Å². The zero-order chi connectivity index (χ0) is 17.7. The van der Waals surface area contributed by atoms with Gasteiger partial charge in [-0.1, -0.05) is 18.2 Å². The van der Waals surface area contributed by atoms with Crippen molar-refractivity contribution in [2.45, 2.75) is 30.1 Å². The minimum Gasteiger partial charge on any atom is -0.492 e. The Morgan fingerprint density at radius 3 is 2.68 bits per heavy atom. The van der Waals surface area contributed by atoms with E-state index < -0.39 is 10.0 Å². The van der Waals surface area contributed by atoms with E-state index in [1.807, 2.05) is 43.3 Å². The van der Waals surface area contributed by atoms with Crippen molar-refractivity contribution in [1.82, 2.24) is 4.31 Å². The second kappa shape index (κ2) is 8.31. The SMILES string of the molecule is Cc1ccc(S(=O)(=O)N(CCOc2ccccc2)CC2CCCO2)s1. The zero-order valence-corrected chi connectivity index (χ0v) is 15.9. The molecule has 0 radical (unpaired) electrons. The molecule has 0 saturated carbocycles. The molecule has 2 aromatic rings. The maximum atomic E-state index is 13.0. The van der Waals surface area contributed by atoms with E-state index >= 15 is 0 Å². The molecular weight excluding hydrogens is 358 g/mol. The van der Waals surface area contributed by atoms with Gasteiger partial charge >= 0.3 is 0 Å². The third-order valence-electron chi connectivity index (χ3n) is 4.09. The Balaban J connectivity index is 1.70. The largest absolute Gasteiger partial charge is 0.492 e. The van der Waals surface area contributed by atoms with Crippen LogP contribution in [0.25, 0.3) is 0 Å². The summed E-state index contributed by atoms with van der Waals surface area (Å²) in [6.45, 7) is 3.59. The minimum absolute atomic E-state index is 0.0347. The minimum atomic E-state index is -3.53. The number of hydrogen-bond acceptors (Lipinski definition) is 5. The fraction of sp³-hybridized carbons (Fsp3) is 0.444. The molecule has 0 amide bonds. The predicted octanol–water partition coefficient (Wildman–Crippen LogP) is 3.31. The van der Waals surface area contributed by atoms with Crippen LogP contribution in [0.2, 0.25) is 0 Å². The Kier molecular flexibility index (Phi) is 6.11. The molecule has 1 saturated heterocycles. The maximum Gasteiger partial charge on any atom is 0.252 e.